The summed E-state index contributed by atoms with van der Waals surface area (Å²) >= 11 is 0. The first kappa shape index (κ1) is 28.7. The molecule has 0 aliphatic heterocycles. The summed E-state index contributed by atoms with van der Waals surface area (Å²) < 4.78 is 55.7. The Morgan fingerprint density at radius 2 is 1.72 bits per heavy atom. The van der Waals surface area contributed by atoms with Crippen LogP contribution in [0.1, 0.15) is 62.1 Å². The molecule has 1 aliphatic carbocycles. The van der Waals surface area contributed by atoms with E-state index >= 15 is 4.39 Å². The van der Waals surface area contributed by atoms with Crippen LogP contribution in [-0.4, -0.2) is 19.3 Å². The maximum atomic E-state index is 15.0. The molecule has 0 spiro atoms. The normalized spacial score (nSPS) is 15.2. The second kappa shape index (κ2) is 14.2. The molecule has 0 aromatic heterocycles. The van der Waals surface area contributed by atoms with Gasteiger partial charge in [0.15, 0.2) is 23.2 Å². The first-order valence-corrected chi connectivity index (χ1v) is 13.9. The lowest BCUT2D eigenvalue weighted by Gasteiger charge is -2.23. The Bertz CT molecular complexity index is 1280. The van der Waals surface area contributed by atoms with Crippen LogP contribution in [-0.2, 0) is 17.6 Å². The minimum Gasteiger partial charge on any atom is -0.490 e. The molecule has 4 rings (SSSR count). The lowest BCUT2D eigenvalue weighted by atomic mass is 9.90. The third kappa shape index (κ3) is 7.63. The van der Waals surface area contributed by atoms with Gasteiger partial charge in [-0.2, -0.15) is 0 Å². The zero-order valence-electron chi connectivity index (χ0n) is 22.7. The van der Waals surface area contributed by atoms with Crippen molar-refractivity contribution >= 4 is 5.57 Å². The van der Waals surface area contributed by atoms with E-state index in [2.05, 4.69) is 13.5 Å². The van der Waals surface area contributed by atoms with Crippen LogP contribution in [0.3, 0.4) is 0 Å². The molecular weight excluding hydrogens is 497 g/mol. The third-order valence-electron chi connectivity index (χ3n) is 7.20. The molecule has 5 heteroatoms. The minimum atomic E-state index is -0.766. The van der Waals surface area contributed by atoms with Gasteiger partial charge in [-0.15, -0.1) is 6.58 Å². The average molecular weight is 535 g/mol. The second-order valence-electron chi connectivity index (χ2n) is 10.0. The van der Waals surface area contributed by atoms with Crippen LogP contribution in [0.4, 0.5) is 13.2 Å². The van der Waals surface area contributed by atoms with E-state index in [1.54, 1.807) is 24.3 Å². The van der Waals surface area contributed by atoms with Gasteiger partial charge in [0.25, 0.3) is 0 Å². The fraction of sp³-hybridized carbons (Fsp3) is 0.353. The zero-order chi connectivity index (χ0) is 27.6. The number of rotatable bonds is 13. The number of hydrogen-bond acceptors (Lipinski definition) is 2. The van der Waals surface area contributed by atoms with Crippen molar-refractivity contribution in [3.63, 3.8) is 0 Å². The molecule has 1 atom stereocenters. The summed E-state index contributed by atoms with van der Waals surface area (Å²) in [5.41, 5.74) is 4.20. The summed E-state index contributed by atoms with van der Waals surface area (Å²) in [6.07, 6.45) is 9.88. The zero-order valence-corrected chi connectivity index (χ0v) is 22.7. The predicted octanol–water partition coefficient (Wildman–Crippen LogP) is 9.26. The molecule has 0 N–H and O–H groups in total. The van der Waals surface area contributed by atoms with E-state index in [-0.39, 0.29) is 11.9 Å². The first-order valence-electron chi connectivity index (χ1n) is 13.9. The van der Waals surface area contributed by atoms with Crippen molar-refractivity contribution in [1.29, 1.82) is 0 Å². The van der Waals surface area contributed by atoms with Gasteiger partial charge in [-0.25, -0.2) is 13.2 Å². The molecule has 1 unspecified atom stereocenters. The summed E-state index contributed by atoms with van der Waals surface area (Å²) in [4.78, 5) is 0. The number of benzene rings is 3. The maximum Gasteiger partial charge on any atom is 0.166 e. The standard InChI is InChI=1S/C34H37F3O2/c1-3-5-21-38-29-17-13-26(14-18-29)30-19-15-27(33(36)34(30)37)12-9-24-7-10-25(11-8-24)28-16-20-32(31(35)23-28)39-22-6-4-2/h4,7-8,10-11,13,15-16,19-20,23,29H,2-3,5-6,9,12,14,17-18,21-22H2,1H3. The SMILES string of the molecule is C=CCCOc1ccc(-c2ccc(CCc3ccc(C4=CCC(OCCCC)CC4)c(F)c3F)cc2)cc1F. The first-order chi connectivity index (χ1) is 19.0. The van der Waals surface area contributed by atoms with Crippen molar-refractivity contribution in [2.75, 3.05) is 13.2 Å². The van der Waals surface area contributed by atoms with Crippen molar-refractivity contribution in [3.05, 3.63) is 107 Å². The third-order valence-corrected chi connectivity index (χ3v) is 7.20. The van der Waals surface area contributed by atoms with Crippen LogP contribution in [0.25, 0.3) is 16.7 Å². The highest BCUT2D eigenvalue weighted by Crippen LogP contribution is 2.32. The molecule has 3 aromatic rings. The monoisotopic (exact) mass is 534 g/mol. The molecule has 206 valence electrons. The number of halogens is 3. The molecule has 0 fully saturated rings. The van der Waals surface area contributed by atoms with E-state index in [0.29, 0.717) is 43.4 Å². The van der Waals surface area contributed by atoms with Gasteiger partial charge in [-0.3, -0.25) is 0 Å². The topological polar surface area (TPSA) is 18.5 Å². The predicted molar refractivity (Wildman–Crippen MR) is 152 cm³/mol. The Morgan fingerprint density at radius 3 is 2.41 bits per heavy atom. The fourth-order valence-electron chi connectivity index (χ4n) is 4.82. The highest BCUT2D eigenvalue weighted by atomic mass is 19.2. The Kier molecular flexibility index (Phi) is 10.4. The van der Waals surface area contributed by atoms with Crippen molar-refractivity contribution < 1.29 is 22.6 Å². The summed E-state index contributed by atoms with van der Waals surface area (Å²) in [6, 6.07) is 16.0. The highest BCUT2D eigenvalue weighted by Gasteiger charge is 2.21. The van der Waals surface area contributed by atoms with Gasteiger partial charge >= 0.3 is 0 Å². The van der Waals surface area contributed by atoms with E-state index in [0.717, 1.165) is 54.6 Å². The second-order valence-corrected chi connectivity index (χ2v) is 10.0. The van der Waals surface area contributed by atoms with Crippen LogP contribution in [0, 0.1) is 17.5 Å². The molecule has 0 amide bonds. The van der Waals surface area contributed by atoms with Crippen molar-refractivity contribution in [2.24, 2.45) is 0 Å². The molecule has 0 saturated carbocycles. The van der Waals surface area contributed by atoms with Crippen molar-refractivity contribution in [3.8, 4) is 16.9 Å². The van der Waals surface area contributed by atoms with Gasteiger partial charge in [0.1, 0.15) is 0 Å². The molecule has 0 bridgehead atoms. The van der Waals surface area contributed by atoms with Gasteiger partial charge in [-0.1, -0.05) is 68.0 Å². The molecule has 0 heterocycles. The average Bonchev–Trinajstić information content (AvgIpc) is 2.96. The summed E-state index contributed by atoms with van der Waals surface area (Å²) in [5, 5.41) is 0. The summed E-state index contributed by atoms with van der Waals surface area (Å²) in [7, 11) is 0. The fourth-order valence-corrected chi connectivity index (χ4v) is 4.82. The number of hydrogen-bond donors (Lipinski definition) is 0. The van der Waals surface area contributed by atoms with Crippen LogP contribution in [0.5, 0.6) is 5.75 Å². The number of allylic oxidation sites excluding steroid dienone is 1. The van der Waals surface area contributed by atoms with E-state index in [4.69, 9.17) is 9.47 Å². The molecule has 1 aliphatic rings. The number of ether oxygens (including phenoxy) is 2. The van der Waals surface area contributed by atoms with Crippen molar-refractivity contribution in [2.45, 2.75) is 64.4 Å². The summed E-state index contributed by atoms with van der Waals surface area (Å²) in [6.45, 7) is 6.90. The molecule has 39 heavy (non-hydrogen) atoms. The maximum absolute atomic E-state index is 15.0. The van der Waals surface area contributed by atoms with Crippen LogP contribution in [0.15, 0.2) is 73.3 Å². The van der Waals surface area contributed by atoms with Crippen LogP contribution >= 0.6 is 0 Å². The van der Waals surface area contributed by atoms with E-state index in [9.17, 15) is 8.78 Å². The Labute approximate surface area is 230 Å². The summed E-state index contributed by atoms with van der Waals surface area (Å²) in [5.74, 6) is -1.72. The van der Waals surface area contributed by atoms with Gasteiger partial charge in [0, 0.05) is 12.2 Å². The van der Waals surface area contributed by atoms with E-state index in [1.807, 2.05) is 36.4 Å². The van der Waals surface area contributed by atoms with E-state index in [1.165, 1.54) is 6.07 Å². The molecule has 2 nitrogen and oxygen atoms in total. The largest absolute Gasteiger partial charge is 0.490 e. The molecular formula is C34H37F3O2. The van der Waals surface area contributed by atoms with Gasteiger partial charge < -0.3 is 9.47 Å². The van der Waals surface area contributed by atoms with Gasteiger partial charge in [0.2, 0.25) is 0 Å². The Hall–Kier alpha value is -3.31. The molecule has 3 aromatic carbocycles. The van der Waals surface area contributed by atoms with Gasteiger partial charge in [-0.05, 0) is 84.9 Å². The van der Waals surface area contributed by atoms with E-state index < -0.39 is 17.5 Å². The Balaban J connectivity index is 1.35. The van der Waals surface area contributed by atoms with Crippen LogP contribution in [0.2, 0.25) is 0 Å². The van der Waals surface area contributed by atoms with Crippen molar-refractivity contribution in [1.82, 2.24) is 0 Å². The number of unbranched alkanes of at least 4 members (excludes halogenated alkanes) is 1. The van der Waals surface area contributed by atoms with Crippen LogP contribution < -0.4 is 4.74 Å². The highest BCUT2D eigenvalue weighted by molar-refractivity contribution is 5.67. The molecule has 0 saturated heterocycles. The van der Waals surface area contributed by atoms with Gasteiger partial charge in [0.05, 0.1) is 12.7 Å². The quantitative estimate of drug-likeness (QED) is 0.161. The number of aryl methyl sites for hydroxylation is 2. The Morgan fingerprint density at radius 1 is 0.923 bits per heavy atom. The minimum absolute atomic E-state index is 0.165. The smallest absolute Gasteiger partial charge is 0.166 e. The lowest BCUT2D eigenvalue weighted by molar-refractivity contribution is 0.0466. The lowest BCUT2D eigenvalue weighted by Crippen LogP contribution is -2.16. The molecule has 0 radical (unpaired) electrons.